The Hall–Kier alpha value is -0.570. The van der Waals surface area contributed by atoms with Crippen molar-refractivity contribution >= 4 is 11.6 Å². The molecule has 0 bridgehead atoms. The van der Waals surface area contributed by atoms with Gasteiger partial charge in [0.05, 0.1) is 6.10 Å². The number of likely N-dealkylation sites (N-methyl/N-ethyl adjacent to an activating group) is 1. The fourth-order valence-corrected chi connectivity index (χ4v) is 2.87. The Kier molecular flexibility index (Phi) is 6.15. The van der Waals surface area contributed by atoms with Gasteiger partial charge in [0.25, 0.3) is 0 Å². The highest BCUT2D eigenvalue weighted by atomic mass is 35.5. The van der Waals surface area contributed by atoms with Crippen molar-refractivity contribution in [1.82, 2.24) is 5.32 Å². The van der Waals surface area contributed by atoms with E-state index in [1.54, 1.807) is 0 Å². The zero-order chi connectivity index (χ0) is 13.5. The molecule has 1 aliphatic heterocycles. The summed E-state index contributed by atoms with van der Waals surface area (Å²) in [5, 5.41) is 4.38. The van der Waals surface area contributed by atoms with Crippen LogP contribution in [0.5, 0.6) is 0 Å². The van der Waals surface area contributed by atoms with Crippen molar-refractivity contribution in [3.63, 3.8) is 0 Å². The van der Waals surface area contributed by atoms with E-state index < -0.39 is 0 Å². The molecule has 2 rings (SSSR count). The van der Waals surface area contributed by atoms with Crippen LogP contribution in [0, 0.1) is 0 Å². The van der Waals surface area contributed by atoms with Gasteiger partial charge in [-0.25, -0.2) is 0 Å². The summed E-state index contributed by atoms with van der Waals surface area (Å²) in [5.74, 6) is 0. The van der Waals surface area contributed by atoms with Gasteiger partial charge in [0.1, 0.15) is 0 Å². The van der Waals surface area contributed by atoms with Crippen molar-refractivity contribution < 1.29 is 4.74 Å². The third-order valence-electron chi connectivity index (χ3n) is 3.71. The van der Waals surface area contributed by atoms with Crippen LogP contribution in [0.1, 0.15) is 38.2 Å². The van der Waals surface area contributed by atoms with Crippen LogP contribution in [0.4, 0.5) is 0 Å². The van der Waals surface area contributed by atoms with Crippen LogP contribution in [0.3, 0.4) is 0 Å². The summed E-state index contributed by atoms with van der Waals surface area (Å²) < 4.78 is 5.85. The maximum absolute atomic E-state index is 5.93. The lowest BCUT2D eigenvalue weighted by molar-refractivity contribution is 0.00535. The van der Waals surface area contributed by atoms with Gasteiger partial charge in [-0.3, -0.25) is 0 Å². The molecule has 2 unspecified atom stereocenters. The summed E-state index contributed by atoms with van der Waals surface area (Å²) in [6, 6.07) is 8.67. The minimum atomic E-state index is 0.435. The van der Waals surface area contributed by atoms with E-state index in [9.17, 15) is 0 Å². The first kappa shape index (κ1) is 14.8. The lowest BCUT2D eigenvalue weighted by Gasteiger charge is -2.27. The molecule has 3 heteroatoms. The van der Waals surface area contributed by atoms with E-state index >= 15 is 0 Å². The van der Waals surface area contributed by atoms with Crippen LogP contribution >= 0.6 is 11.6 Å². The highest BCUT2D eigenvalue weighted by Gasteiger charge is 2.19. The number of nitrogens with one attached hydrogen (secondary N) is 1. The second-order valence-electron chi connectivity index (χ2n) is 5.31. The first-order chi connectivity index (χ1) is 9.28. The molecule has 1 heterocycles. The molecule has 0 aromatic heterocycles. The van der Waals surface area contributed by atoms with E-state index in [0.717, 1.165) is 31.0 Å². The Morgan fingerprint density at radius 2 is 2.11 bits per heavy atom. The first-order valence-electron chi connectivity index (χ1n) is 7.37. The van der Waals surface area contributed by atoms with Gasteiger partial charge in [-0.15, -0.1) is 0 Å². The zero-order valence-electron chi connectivity index (χ0n) is 11.7. The predicted octanol–water partition coefficient (Wildman–Crippen LogP) is 3.82. The van der Waals surface area contributed by atoms with Gasteiger partial charge in [-0.1, -0.05) is 30.7 Å². The summed E-state index contributed by atoms with van der Waals surface area (Å²) in [6.07, 6.45) is 6.33. The molecule has 2 nitrogen and oxygen atoms in total. The first-order valence-corrected chi connectivity index (χ1v) is 7.75. The topological polar surface area (TPSA) is 21.3 Å². The fraction of sp³-hybridized carbons (Fsp3) is 0.625. The minimum absolute atomic E-state index is 0.435. The number of hydrogen-bond donors (Lipinski definition) is 1. The molecule has 0 saturated carbocycles. The molecule has 0 amide bonds. The number of rotatable bonds is 6. The quantitative estimate of drug-likeness (QED) is 0.856. The van der Waals surface area contributed by atoms with Gasteiger partial charge in [-0.2, -0.15) is 0 Å². The van der Waals surface area contributed by atoms with E-state index in [0.29, 0.717) is 12.1 Å². The summed E-state index contributed by atoms with van der Waals surface area (Å²) in [6.45, 7) is 4.10. The van der Waals surface area contributed by atoms with Crippen LogP contribution < -0.4 is 5.32 Å². The molecule has 1 aromatic rings. The van der Waals surface area contributed by atoms with E-state index in [2.05, 4.69) is 24.4 Å². The van der Waals surface area contributed by atoms with Crippen molar-refractivity contribution in [3.8, 4) is 0 Å². The standard InChI is InChI=1S/C16H24ClNO/c1-2-18-15(12-16-5-3-4-10-19-16)11-13-6-8-14(17)9-7-13/h6-9,15-16,18H,2-5,10-12H2,1H3. The smallest absolute Gasteiger partial charge is 0.0590 e. The highest BCUT2D eigenvalue weighted by molar-refractivity contribution is 6.30. The molecule has 19 heavy (non-hydrogen) atoms. The molecule has 1 saturated heterocycles. The molecule has 1 fully saturated rings. The van der Waals surface area contributed by atoms with E-state index in [4.69, 9.17) is 16.3 Å². The van der Waals surface area contributed by atoms with Gasteiger partial charge in [-0.05, 0) is 56.3 Å². The van der Waals surface area contributed by atoms with Crippen molar-refractivity contribution in [1.29, 1.82) is 0 Å². The minimum Gasteiger partial charge on any atom is -0.378 e. The third-order valence-corrected chi connectivity index (χ3v) is 3.96. The van der Waals surface area contributed by atoms with Crippen molar-refractivity contribution in [2.45, 2.75) is 51.2 Å². The predicted molar refractivity (Wildman–Crippen MR) is 80.8 cm³/mol. The van der Waals surface area contributed by atoms with Gasteiger partial charge in [0.2, 0.25) is 0 Å². The molecule has 106 valence electrons. The molecule has 0 spiro atoms. The normalized spacial score (nSPS) is 21.3. The monoisotopic (exact) mass is 281 g/mol. The maximum atomic E-state index is 5.93. The molecular weight excluding hydrogens is 258 g/mol. The Balaban J connectivity index is 1.89. The van der Waals surface area contributed by atoms with E-state index in [1.807, 2.05) is 12.1 Å². The van der Waals surface area contributed by atoms with Crippen LogP contribution in [-0.4, -0.2) is 25.3 Å². The van der Waals surface area contributed by atoms with Gasteiger partial charge >= 0.3 is 0 Å². The van der Waals surface area contributed by atoms with Crippen LogP contribution in [-0.2, 0) is 11.2 Å². The largest absolute Gasteiger partial charge is 0.378 e. The van der Waals surface area contributed by atoms with Gasteiger partial charge in [0, 0.05) is 17.7 Å². The number of benzene rings is 1. The second-order valence-corrected chi connectivity index (χ2v) is 5.75. The molecule has 1 aliphatic rings. The number of hydrogen-bond acceptors (Lipinski definition) is 2. The van der Waals surface area contributed by atoms with Crippen LogP contribution in [0.25, 0.3) is 0 Å². The van der Waals surface area contributed by atoms with Crippen molar-refractivity contribution in [3.05, 3.63) is 34.9 Å². The van der Waals surface area contributed by atoms with Crippen LogP contribution in [0.15, 0.2) is 24.3 Å². The average Bonchev–Trinajstić information content (AvgIpc) is 2.43. The SMILES string of the molecule is CCNC(Cc1ccc(Cl)cc1)CC1CCCCO1. The summed E-state index contributed by atoms with van der Waals surface area (Å²) >= 11 is 5.93. The summed E-state index contributed by atoms with van der Waals surface area (Å²) in [7, 11) is 0. The highest BCUT2D eigenvalue weighted by Crippen LogP contribution is 2.19. The Morgan fingerprint density at radius 1 is 1.32 bits per heavy atom. The summed E-state index contributed by atoms with van der Waals surface area (Å²) in [5.41, 5.74) is 1.34. The van der Waals surface area contributed by atoms with E-state index in [-0.39, 0.29) is 0 Å². The third kappa shape index (κ3) is 5.13. The molecule has 1 N–H and O–H groups in total. The lowest BCUT2D eigenvalue weighted by Crippen LogP contribution is -2.36. The molecule has 0 aliphatic carbocycles. The number of halogens is 1. The Morgan fingerprint density at radius 3 is 2.74 bits per heavy atom. The Bertz CT molecular complexity index is 360. The second kappa shape index (κ2) is 7.88. The summed E-state index contributed by atoms with van der Waals surface area (Å²) in [4.78, 5) is 0. The number of ether oxygens (including phenoxy) is 1. The maximum Gasteiger partial charge on any atom is 0.0590 e. The van der Waals surface area contributed by atoms with Gasteiger partial charge < -0.3 is 10.1 Å². The van der Waals surface area contributed by atoms with Crippen LogP contribution in [0.2, 0.25) is 5.02 Å². The molecule has 1 aromatic carbocycles. The van der Waals surface area contributed by atoms with Crippen molar-refractivity contribution in [2.24, 2.45) is 0 Å². The fourth-order valence-electron chi connectivity index (χ4n) is 2.74. The molecule has 0 radical (unpaired) electrons. The molecule has 2 atom stereocenters. The average molecular weight is 282 g/mol. The lowest BCUT2D eigenvalue weighted by atomic mass is 9.97. The molecular formula is C16H24ClNO. The van der Waals surface area contributed by atoms with Gasteiger partial charge in [0.15, 0.2) is 0 Å². The zero-order valence-corrected chi connectivity index (χ0v) is 12.5. The van der Waals surface area contributed by atoms with Crippen molar-refractivity contribution in [2.75, 3.05) is 13.2 Å². The van der Waals surface area contributed by atoms with E-state index in [1.165, 1.54) is 24.8 Å². The Labute approximate surface area is 121 Å².